The Bertz CT molecular complexity index is 2720. The first-order chi connectivity index (χ1) is 39.9. The summed E-state index contributed by atoms with van der Waals surface area (Å²) in [5, 5.41) is 36.4. The molecule has 4 fully saturated rings. The highest BCUT2D eigenvalue weighted by Crippen LogP contribution is 2.34. The van der Waals surface area contributed by atoms with E-state index in [-0.39, 0.29) is 47.5 Å². The molecule has 4 aliphatic heterocycles. The van der Waals surface area contributed by atoms with E-state index in [9.17, 15) is 28.8 Å². The van der Waals surface area contributed by atoms with E-state index in [0.29, 0.717) is 50.2 Å². The van der Waals surface area contributed by atoms with Crippen molar-refractivity contribution in [3.05, 3.63) is 131 Å². The van der Waals surface area contributed by atoms with Gasteiger partial charge in [-0.15, -0.1) is 10.2 Å². The lowest BCUT2D eigenvalue weighted by Gasteiger charge is -2.36. The molecule has 0 radical (unpaired) electrons. The van der Waals surface area contributed by atoms with Crippen LogP contribution >= 0.6 is 0 Å². The number of nitrogens with zero attached hydrogens (tertiary/aromatic N) is 8. The smallest absolute Gasteiger partial charge is 0.246 e. The highest BCUT2D eigenvalue weighted by atomic mass is 16.2. The van der Waals surface area contributed by atoms with Crippen LogP contribution in [0, 0.1) is 0 Å². The van der Waals surface area contributed by atoms with Crippen LogP contribution in [-0.2, 0) is 54.7 Å². The lowest BCUT2D eigenvalue weighted by Crippen LogP contribution is -2.58. The van der Waals surface area contributed by atoms with E-state index in [1.54, 1.807) is 37.7 Å². The molecule has 2 aromatic heterocycles. The molecule has 4 aliphatic rings. The fourth-order valence-corrected chi connectivity index (χ4v) is 12.3. The maximum absolute atomic E-state index is 14.3. The van der Waals surface area contributed by atoms with Gasteiger partial charge in [0.15, 0.2) is 0 Å². The van der Waals surface area contributed by atoms with Gasteiger partial charge in [-0.2, -0.15) is 0 Å². The monoisotopic (exact) mass is 1120 g/mol. The number of hydrogen-bond donors (Lipinski definition) is 6. The summed E-state index contributed by atoms with van der Waals surface area (Å²) in [6.07, 6.45) is 18.2. The van der Waals surface area contributed by atoms with Crippen LogP contribution in [0.5, 0.6) is 0 Å². The molecule has 438 valence electrons. The second-order valence-electron chi connectivity index (χ2n) is 22.9. The molecule has 6 N–H and O–H groups in total. The third-order valence-electron chi connectivity index (χ3n) is 17.3. The summed E-state index contributed by atoms with van der Waals surface area (Å²) in [5.74, 6) is -1.31. The molecule has 20 heteroatoms. The molecule has 6 amide bonds. The molecule has 0 aliphatic carbocycles. The number of likely N-dealkylation sites (N-methyl/N-ethyl adjacent to an activating group) is 2. The first kappa shape index (κ1) is 59.3. The van der Waals surface area contributed by atoms with Gasteiger partial charge in [0.2, 0.25) is 35.4 Å². The van der Waals surface area contributed by atoms with Gasteiger partial charge in [0, 0.05) is 25.2 Å². The molecular weight excluding hydrogens is 1040 g/mol. The van der Waals surface area contributed by atoms with E-state index < -0.39 is 48.3 Å². The van der Waals surface area contributed by atoms with E-state index in [0.717, 1.165) is 101 Å². The number of carbonyl (C=O) groups excluding carboxylic acids is 6. The van der Waals surface area contributed by atoms with Crippen molar-refractivity contribution < 1.29 is 28.8 Å². The zero-order valence-electron chi connectivity index (χ0n) is 48.2. The van der Waals surface area contributed by atoms with Crippen LogP contribution in [0.3, 0.4) is 0 Å². The number of benzene rings is 3. The van der Waals surface area contributed by atoms with Gasteiger partial charge in [-0.3, -0.25) is 38.1 Å². The van der Waals surface area contributed by atoms with E-state index in [4.69, 9.17) is 0 Å². The number of carbonyl (C=O) groups is 6. The molecule has 5 aromatic rings. The number of amides is 6. The predicted molar refractivity (Wildman–Crippen MR) is 310 cm³/mol. The maximum Gasteiger partial charge on any atom is 0.246 e. The Balaban J connectivity index is 0.734. The molecular formula is C62H84N14O6. The second-order valence-corrected chi connectivity index (χ2v) is 22.9. The number of rotatable bonds is 24. The number of aromatic nitrogens is 6. The van der Waals surface area contributed by atoms with Gasteiger partial charge in [-0.05, 0) is 140 Å². The lowest BCUT2D eigenvalue weighted by atomic mass is 9.98. The Hall–Kier alpha value is -7.32. The van der Waals surface area contributed by atoms with Crippen molar-refractivity contribution in [2.75, 3.05) is 14.1 Å². The highest BCUT2D eigenvalue weighted by Gasteiger charge is 2.46. The van der Waals surface area contributed by atoms with E-state index in [1.165, 1.54) is 11.1 Å². The molecule has 20 nitrogen and oxygen atoms in total. The fraction of sp³-hybridized carbons (Fsp3) is 0.548. The summed E-state index contributed by atoms with van der Waals surface area (Å²) in [6, 6.07) is 23.5. The van der Waals surface area contributed by atoms with Crippen molar-refractivity contribution in [1.29, 1.82) is 0 Å². The molecule has 0 saturated carbocycles. The minimum absolute atomic E-state index is 0.0483. The summed E-state index contributed by atoms with van der Waals surface area (Å²) >= 11 is 0. The van der Waals surface area contributed by atoms with Gasteiger partial charge in [-0.1, -0.05) is 121 Å². The Labute approximate surface area is 482 Å². The Morgan fingerprint density at radius 2 is 0.902 bits per heavy atom. The molecule has 9 rings (SSSR count). The summed E-state index contributed by atoms with van der Waals surface area (Å²) in [7, 11) is 3.43. The molecule has 0 bridgehead atoms. The van der Waals surface area contributed by atoms with Crippen molar-refractivity contribution in [1.82, 2.24) is 71.7 Å². The first-order valence-corrected chi connectivity index (χ1v) is 30.1. The van der Waals surface area contributed by atoms with Crippen molar-refractivity contribution in [3.8, 4) is 0 Å². The summed E-state index contributed by atoms with van der Waals surface area (Å²) in [5.41, 5.74) is 5.53. The van der Waals surface area contributed by atoms with Gasteiger partial charge < -0.3 is 41.7 Å². The van der Waals surface area contributed by atoms with Crippen molar-refractivity contribution in [2.24, 2.45) is 0 Å². The number of hydrogen-bond acceptors (Lipinski definition) is 12. The summed E-state index contributed by atoms with van der Waals surface area (Å²) in [6.45, 7) is 4.86. The van der Waals surface area contributed by atoms with Crippen LogP contribution in [0.2, 0.25) is 0 Å². The summed E-state index contributed by atoms with van der Waals surface area (Å²) < 4.78 is 3.68. The average molecular weight is 1120 g/mol. The predicted octanol–water partition coefficient (Wildman–Crippen LogP) is 5.38. The minimum Gasteiger partial charge on any atom is -0.343 e. The van der Waals surface area contributed by atoms with Crippen molar-refractivity contribution in [2.45, 2.75) is 203 Å². The highest BCUT2D eigenvalue weighted by molar-refractivity contribution is 5.95. The van der Waals surface area contributed by atoms with Gasteiger partial charge >= 0.3 is 0 Å². The Morgan fingerprint density at radius 1 is 0.512 bits per heavy atom. The zero-order valence-corrected chi connectivity index (χ0v) is 48.2. The van der Waals surface area contributed by atoms with Gasteiger partial charge in [-0.25, -0.2) is 0 Å². The second kappa shape index (κ2) is 28.6. The van der Waals surface area contributed by atoms with Crippen LogP contribution < -0.4 is 31.9 Å². The molecule has 3 aromatic carbocycles. The van der Waals surface area contributed by atoms with E-state index >= 15 is 0 Å². The Kier molecular flexibility index (Phi) is 20.7. The first-order valence-electron chi connectivity index (χ1n) is 30.1. The quantitative estimate of drug-likeness (QED) is 0.0427. The maximum atomic E-state index is 14.3. The molecule has 5 unspecified atom stereocenters. The molecule has 10 atom stereocenters. The van der Waals surface area contributed by atoms with Crippen LogP contribution in [0.15, 0.2) is 97.3 Å². The lowest BCUT2D eigenvalue weighted by molar-refractivity contribution is -0.144. The SMILES string of the molecule is CN[C@@H](C)C(=O)NC1CCCCC2CCC(C(=O)N[C@@H](c3ccccc3)c3cn(CCCCc4ccc(CCCCn5cc([C@@H](NC(=O)[C@@H]6CCC7CCCCC(NC(=O)[C@H](C)NC)C(=O)N76)c6ccccc6)nn5)cc4)nn3)N2C1=O. The van der Waals surface area contributed by atoms with Gasteiger partial charge in [0.05, 0.1) is 36.6 Å². The third-order valence-corrected chi connectivity index (χ3v) is 17.3. The number of unbranched alkanes of at least 4 members (excludes halogenated alkanes) is 2. The molecule has 4 saturated heterocycles. The van der Waals surface area contributed by atoms with Gasteiger partial charge in [0.25, 0.3) is 0 Å². The molecule has 6 heterocycles. The van der Waals surface area contributed by atoms with Crippen LogP contribution in [0.1, 0.15) is 162 Å². The standard InChI is InChI=1S/C62H84N14O6/c1-41(63-3)57(77)65-49-27-13-11-25-47-33-35-53(75(47)61(49)81)59(79)67-55(45-21-7-5-8-22-45)51-39-73(71-69-51)37-17-15-19-43-29-31-44(32-30-43)20-16-18-38-74-40-52(70-72-74)56(46-23-9-6-10-24-46)68-60(80)54-36-34-48-26-12-14-28-50(62(82)76(48)54)66-58(78)42(2)64-4/h5-10,21-24,29-32,39-42,47-50,53-56,63-64H,11-20,25-28,33-38H2,1-4H3,(H,65,77)(H,66,78)(H,67,79)(H,68,80)/t41-,42-,47?,48?,49?,50?,53-,54?,55-,56-/m0/s1. The minimum atomic E-state index is -0.676. The van der Waals surface area contributed by atoms with Crippen molar-refractivity contribution in [3.63, 3.8) is 0 Å². The van der Waals surface area contributed by atoms with E-state index in [1.807, 2.05) is 82.4 Å². The van der Waals surface area contributed by atoms with E-state index in [2.05, 4.69) is 76.8 Å². The number of nitrogens with one attached hydrogen (secondary N) is 6. The number of fused-ring (bicyclic) bond motifs is 2. The van der Waals surface area contributed by atoms with Crippen LogP contribution in [0.4, 0.5) is 0 Å². The third kappa shape index (κ3) is 14.8. The van der Waals surface area contributed by atoms with Crippen LogP contribution in [-0.4, -0.2) is 138 Å². The topological polar surface area (TPSA) is 242 Å². The zero-order chi connectivity index (χ0) is 57.5. The van der Waals surface area contributed by atoms with Crippen LogP contribution in [0.25, 0.3) is 0 Å². The van der Waals surface area contributed by atoms with Crippen molar-refractivity contribution >= 4 is 35.4 Å². The fourth-order valence-electron chi connectivity index (χ4n) is 12.3. The Morgan fingerprint density at radius 3 is 1.29 bits per heavy atom. The summed E-state index contributed by atoms with van der Waals surface area (Å²) in [4.78, 5) is 86.0. The normalized spacial score (nSPS) is 22.5. The average Bonchev–Trinajstić information content (AvgIpc) is 4.39. The molecule has 82 heavy (non-hydrogen) atoms. The molecule has 0 spiro atoms. The van der Waals surface area contributed by atoms with Gasteiger partial charge in [0.1, 0.15) is 35.6 Å². The largest absolute Gasteiger partial charge is 0.343 e. The number of aryl methyl sites for hydroxylation is 4.